The molecule has 0 bridgehead atoms. The van der Waals surface area contributed by atoms with Crippen molar-refractivity contribution < 1.29 is 24.2 Å². The summed E-state index contributed by atoms with van der Waals surface area (Å²) in [6.07, 6.45) is 5.44. The summed E-state index contributed by atoms with van der Waals surface area (Å²) in [4.78, 5) is 38.0. The third-order valence-electron chi connectivity index (χ3n) is 4.76. The highest BCUT2D eigenvalue weighted by molar-refractivity contribution is 7.17. The number of fused-ring (bicyclic) bond motifs is 1. The maximum absolute atomic E-state index is 12.8. The van der Waals surface area contributed by atoms with Gasteiger partial charge in [-0.3, -0.25) is 9.48 Å². The van der Waals surface area contributed by atoms with Gasteiger partial charge in [0.15, 0.2) is 5.69 Å². The van der Waals surface area contributed by atoms with Gasteiger partial charge in [-0.1, -0.05) is 6.92 Å². The van der Waals surface area contributed by atoms with Crippen LogP contribution in [0.25, 0.3) is 0 Å². The van der Waals surface area contributed by atoms with E-state index in [0.29, 0.717) is 17.0 Å². The number of carbonyl (C=O) groups is 3. The Hall–Kier alpha value is -2.68. The number of carboxylic acids is 1. The number of hydrogen-bond donors (Lipinski definition) is 2. The summed E-state index contributed by atoms with van der Waals surface area (Å²) < 4.78 is 6.78. The molecule has 2 N–H and O–H groups in total. The predicted molar refractivity (Wildman–Crippen MR) is 104 cm³/mol. The molecule has 1 atom stereocenters. The fourth-order valence-corrected chi connectivity index (χ4v) is 4.45. The highest BCUT2D eigenvalue weighted by Gasteiger charge is 2.29. The van der Waals surface area contributed by atoms with Crippen molar-refractivity contribution in [3.05, 3.63) is 33.5 Å². The van der Waals surface area contributed by atoms with Gasteiger partial charge in [-0.05, 0) is 44.6 Å². The Morgan fingerprint density at radius 1 is 1.36 bits per heavy atom. The molecule has 9 heteroatoms. The number of esters is 1. The van der Waals surface area contributed by atoms with Crippen LogP contribution in [-0.2, 0) is 24.6 Å². The van der Waals surface area contributed by atoms with E-state index in [-0.39, 0.29) is 17.4 Å². The largest absolute Gasteiger partial charge is 0.476 e. The number of nitrogens with one attached hydrogen (secondary N) is 1. The van der Waals surface area contributed by atoms with Gasteiger partial charge < -0.3 is 15.2 Å². The summed E-state index contributed by atoms with van der Waals surface area (Å²) in [5, 5.41) is 16.2. The van der Waals surface area contributed by atoms with E-state index < -0.39 is 17.8 Å². The zero-order chi connectivity index (χ0) is 20.4. The first kappa shape index (κ1) is 20.1. The standard InChI is InChI=1S/C19H23N3O5S/c1-4-10(2)27-19(26)14-11-7-5-6-8-13(11)28-17(14)20-16(23)12-9-22(3)21-15(12)18(24)25/h9-10H,4-8H2,1-3H3,(H,20,23)(H,24,25). The van der Waals surface area contributed by atoms with Crippen LogP contribution in [-0.4, -0.2) is 38.8 Å². The van der Waals surface area contributed by atoms with E-state index >= 15 is 0 Å². The van der Waals surface area contributed by atoms with Crippen LogP contribution in [0, 0.1) is 0 Å². The zero-order valence-electron chi connectivity index (χ0n) is 16.1. The average Bonchev–Trinajstić information content (AvgIpc) is 3.21. The van der Waals surface area contributed by atoms with Crippen molar-refractivity contribution in [2.45, 2.75) is 52.1 Å². The Labute approximate surface area is 166 Å². The van der Waals surface area contributed by atoms with Crippen molar-refractivity contribution in [3.63, 3.8) is 0 Å². The molecule has 150 valence electrons. The van der Waals surface area contributed by atoms with Crippen LogP contribution in [0.2, 0.25) is 0 Å². The summed E-state index contributed by atoms with van der Waals surface area (Å²) >= 11 is 1.36. The SMILES string of the molecule is CCC(C)OC(=O)c1c(NC(=O)c2cn(C)nc2C(=O)O)sc2c1CCCC2. The third-order valence-corrected chi connectivity index (χ3v) is 5.97. The minimum absolute atomic E-state index is 0.0531. The molecule has 0 fully saturated rings. The molecule has 0 radical (unpaired) electrons. The van der Waals surface area contributed by atoms with E-state index in [4.69, 9.17) is 4.74 Å². The highest BCUT2D eigenvalue weighted by atomic mass is 32.1. The molecule has 2 aromatic heterocycles. The summed E-state index contributed by atoms with van der Waals surface area (Å²) in [6, 6.07) is 0. The van der Waals surface area contributed by atoms with Gasteiger partial charge in [-0.15, -0.1) is 11.3 Å². The van der Waals surface area contributed by atoms with Crippen molar-refractivity contribution >= 4 is 34.2 Å². The molecule has 1 aliphatic rings. The Balaban J connectivity index is 1.95. The number of rotatable bonds is 6. The second-order valence-corrected chi connectivity index (χ2v) is 7.97. The summed E-state index contributed by atoms with van der Waals surface area (Å²) in [5.41, 5.74) is 0.950. The molecule has 0 aromatic carbocycles. The van der Waals surface area contributed by atoms with Crippen LogP contribution in [0.4, 0.5) is 5.00 Å². The summed E-state index contributed by atoms with van der Waals surface area (Å²) in [7, 11) is 1.54. The molecule has 0 aliphatic heterocycles. The molecule has 1 amide bonds. The molecule has 3 rings (SSSR count). The number of aryl methyl sites for hydroxylation is 2. The van der Waals surface area contributed by atoms with Gasteiger partial charge in [0.1, 0.15) is 5.00 Å². The van der Waals surface area contributed by atoms with Crippen LogP contribution in [0.5, 0.6) is 0 Å². The number of anilines is 1. The van der Waals surface area contributed by atoms with Gasteiger partial charge in [0, 0.05) is 18.1 Å². The van der Waals surface area contributed by atoms with E-state index in [1.54, 1.807) is 7.05 Å². The molecular weight excluding hydrogens is 382 g/mol. The zero-order valence-corrected chi connectivity index (χ0v) is 16.9. The van der Waals surface area contributed by atoms with Crippen LogP contribution in [0.15, 0.2) is 6.20 Å². The predicted octanol–water partition coefficient (Wildman–Crippen LogP) is 3.27. The van der Waals surface area contributed by atoms with Gasteiger partial charge in [-0.2, -0.15) is 5.10 Å². The number of aromatic nitrogens is 2. The first-order valence-corrected chi connectivity index (χ1v) is 10.1. The lowest BCUT2D eigenvalue weighted by Crippen LogP contribution is -2.19. The molecule has 1 aliphatic carbocycles. The lowest BCUT2D eigenvalue weighted by Gasteiger charge is -2.15. The molecule has 2 heterocycles. The molecule has 0 saturated heterocycles. The lowest BCUT2D eigenvalue weighted by atomic mass is 9.95. The van der Waals surface area contributed by atoms with Gasteiger partial charge in [0.2, 0.25) is 0 Å². The van der Waals surface area contributed by atoms with E-state index in [1.165, 1.54) is 22.2 Å². The molecule has 28 heavy (non-hydrogen) atoms. The van der Waals surface area contributed by atoms with Crippen molar-refractivity contribution in [1.29, 1.82) is 0 Å². The van der Waals surface area contributed by atoms with Crippen molar-refractivity contribution in [2.24, 2.45) is 7.05 Å². The first-order chi connectivity index (χ1) is 13.3. The Morgan fingerprint density at radius 3 is 2.75 bits per heavy atom. The van der Waals surface area contributed by atoms with Gasteiger partial charge in [0.05, 0.1) is 17.2 Å². The van der Waals surface area contributed by atoms with E-state index in [1.807, 2.05) is 13.8 Å². The Kier molecular flexibility index (Phi) is 5.83. The third kappa shape index (κ3) is 3.94. The minimum Gasteiger partial charge on any atom is -0.476 e. The second-order valence-electron chi connectivity index (χ2n) is 6.86. The lowest BCUT2D eigenvalue weighted by molar-refractivity contribution is 0.0334. The topological polar surface area (TPSA) is 111 Å². The minimum atomic E-state index is -1.28. The van der Waals surface area contributed by atoms with Crippen molar-refractivity contribution in [1.82, 2.24) is 9.78 Å². The van der Waals surface area contributed by atoms with Crippen LogP contribution < -0.4 is 5.32 Å². The van der Waals surface area contributed by atoms with Crippen LogP contribution in [0.3, 0.4) is 0 Å². The fourth-order valence-electron chi connectivity index (χ4n) is 3.18. The number of nitrogens with zero attached hydrogens (tertiary/aromatic N) is 2. The number of aromatic carboxylic acids is 1. The molecular formula is C19H23N3O5S. The fraction of sp³-hybridized carbons (Fsp3) is 0.474. The smallest absolute Gasteiger partial charge is 0.357 e. The molecule has 0 saturated carbocycles. The van der Waals surface area contributed by atoms with E-state index in [2.05, 4.69) is 10.4 Å². The van der Waals surface area contributed by atoms with E-state index in [9.17, 15) is 19.5 Å². The first-order valence-electron chi connectivity index (χ1n) is 9.25. The Bertz CT molecular complexity index is 930. The maximum atomic E-state index is 12.8. The summed E-state index contributed by atoms with van der Waals surface area (Å²) in [6.45, 7) is 3.75. The molecule has 2 aromatic rings. The maximum Gasteiger partial charge on any atom is 0.357 e. The second kappa shape index (κ2) is 8.14. The number of amides is 1. The number of carboxylic acid groups (broad SMARTS) is 1. The monoisotopic (exact) mass is 405 g/mol. The summed E-state index contributed by atoms with van der Waals surface area (Å²) in [5.74, 6) is -2.34. The Morgan fingerprint density at radius 2 is 2.07 bits per heavy atom. The van der Waals surface area contributed by atoms with Gasteiger partial charge in [0.25, 0.3) is 5.91 Å². The number of thiophene rings is 1. The van der Waals surface area contributed by atoms with Crippen LogP contribution in [0.1, 0.15) is 74.8 Å². The number of hydrogen-bond acceptors (Lipinski definition) is 6. The highest BCUT2D eigenvalue weighted by Crippen LogP contribution is 2.39. The van der Waals surface area contributed by atoms with Gasteiger partial charge in [-0.25, -0.2) is 9.59 Å². The molecule has 8 nitrogen and oxygen atoms in total. The van der Waals surface area contributed by atoms with Crippen molar-refractivity contribution in [2.75, 3.05) is 5.32 Å². The number of carbonyl (C=O) groups excluding carboxylic acids is 2. The normalized spacial score (nSPS) is 14.2. The van der Waals surface area contributed by atoms with Crippen molar-refractivity contribution in [3.8, 4) is 0 Å². The van der Waals surface area contributed by atoms with E-state index in [0.717, 1.165) is 36.1 Å². The number of ether oxygens (including phenoxy) is 1. The van der Waals surface area contributed by atoms with Crippen LogP contribution >= 0.6 is 11.3 Å². The molecule has 1 unspecified atom stereocenters. The molecule has 0 spiro atoms. The average molecular weight is 405 g/mol. The quantitative estimate of drug-likeness (QED) is 0.714. The van der Waals surface area contributed by atoms with Gasteiger partial charge >= 0.3 is 11.9 Å².